The summed E-state index contributed by atoms with van der Waals surface area (Å²) in [7, 11) is 0. The molecule has 1 fully saturated rings. The average molecular weight is 473 g/mol. The topological polar surface area (TPSA) is 85.3 Å². The number of thiophene rings is 1. The predicted molar refractivity (Wildman–Crippen MR) is 109 cm³/mol. The molecule has 0 saturated heterocycles. The molecule has 6 nitrogen and oxygen atoms in total. The number of aryl methyl sites for hydroxylation is 1. The Kier molecular flexibility index (Phi) is 5.70. The summed E-state index contributed by atoms with van der Waals surface area (Å²) in [6.07, 6.45) is -1.61. The molecule has 12 heteroatoms. The number of hydrogen-bond acceptors (Lipinski definition) is 5. The minimum atomic E-state index is -4.55. The largest absolute Gasteiger partial charge is 0.418 e. The van der Waals surface area contributed by atoms with Gasteiger partial charge in [-0.3, -0.25) is 4.79 Å². The van der Waals surface area contributed by atoms with E-state index in [2.05, 4.69) is 15.4 Å². The Morgan fingerprint density at radius 3 is 2.75 bits per heavy atom. The molecule has 1 aliphatic carbocycles. The summed E-state index contributed by atoms with van der Waals surface area (Å²) in [5.41, 5.74) is 5.87. The molecule has 3 aromatic rings. The number of nitrogens with two attached hydrogens (primary N) is 1. The van der Waals surface area contributed by atoms with Crippen LogP contribution >= 0.6 is 11.3 Å². The first-order valence-electron chi connectivity index (χ1n) is 9.99. The zero-order valence-electron chi connectivity index (χ0n) is 16.9. The number of halogens is 5. The Morgan fingerprint density at radius 2 is 2.09 bits per heavy atom. The minimum Gasteiger partial charge on any atom is -0.341 e. The Hall–Kier alpha value is -2.60. The van der Waals surface area contributed by atoms with Crippen LogP contribution in [0.1, 0.15) is 46.3 Å². The van der Waals surface area contributed by atoms with Crippen molar-refractivity contribution in [2.24, 2.45) is 5.73 Å². The summed E-state index contributed by atoms with van der Waals surface area (Å²) >= 11 is 1.13. The first-order chi connectivity index (χ1) is 15.0. The highest BCUT2D eigenvalue weighted by Crippen LogP contribution is 2.36. The van der Waals surface area contributed by atoms with E-state index in [0.717, 1.165) is 22.3 Å². The average Bonchev–Trinajstić information content (AvgIpc) is 3.33. The van der Waals surface area contributed by atoms with Gasteiger partial charge in [0.2, 0.25) is 0 Å². The number of imidazole rings is 1. The summed E-state index contributed by atoms with van der Waals surface area (Å²) in [6.45, 7) is 1.85. The quantitative estimate of drug-likeness (QED) is 0.554. The maximum absolute atomic E-state index is 14.3. The molecule has 172 valence electrons. The predicted octanol–water partition coefficient (Wildman–Crippen LogP) is 4.28. The summed E-state index contributed by atoms with van der Waals surface area (Å²) in [6, 6.07) is 0.0965. The summed E-state index contributed by atoms with van der Waals surface area (Å²) < 4.78 is 68.6. The summed E-state index contributed by atoms with van der Waals surface area (Å²) in [5.74, 6) is -3.76. The number of aromatic nitrogens is 3. The molecular formula is C20H20F5N5OS. The van der Waals surface area contributed by atoms with Crippen molar-refractivity contribution in [2.45, 2.75) is 56.8 Å². The van der Waals surface area contributed by atoms with E-state index in [1.54, 1.807) is 0 Å². The molecule has 0 aromatic carbocycles. The van der Waals surface area contributed by atoms with Crippen molar-refractivity contribution in [1.82, 2.24) is 19.9 Å². The van der Waals surface area contributed by atoms with Gasteiger partial charge in [-0.25, -0.2) is 18.3 Å². The number of hydrogen-bond donors (Lipinski definition) is 2. The van der Waals surface area contributed by atoms with Gasteiger partial charge in [-0.05, 0) is 31.4 Å². The molecule has 4 rings (SSSR count). The molecule has 0 radical (unpaired) electrons. The Morgan fingerprint density at radius 1 is 1.34 bits per heavy atom. The molecule has 1 amide bonds. The van der Waals surface area contributed by atoms with Crippen LogP contribution in [0.4, 0.5) is 22.0 Å². The van der Waals surface area contributed by atoms with Crippen LogP contribution in [0.25, 0.3) is 16.9 Å². The van der Waals surface area contributed by atoms with Crippen LogP contribution in [-0.2, 0) is 12.6 Å². The standard InChI is InChI=1S/C20H20F5N5OS/c1-2-14-11(13-9-27-16-6-10(20(23,24)25)8-28-30(13)16)7-15(32-14)18(31)29-17-12(26)4-3-5-19(17,21)22/h6-9,12,17H,2-5,26H2,1H3,(H,29,31)/t12-,17?/m1/s1. The van der Waals surface area contributed by atoms with Crippen LogP contribution in [0.2, 0.25) is 0 Å². The lowest BCUT2D eigenvalue weighted by Crippen LogP contribution is -2.59. The van der Waals surface area contributed by atoms with Crippen LogP contribution < -0.4 is 11.1 Å². The van der Waals surface area contributed by atoms with Gasteiger partial charge in [-0.15, -0.1) is 11.3 Å². The maximum Gasteiger partial charge on any atom is 0.418 e. The number of fused-ring (bicyclic) bond motifs is 1. The third kappa shape index (κ3) is 4.08. The van der Waals surface area contributed by atoms with Crippen molar-refractivity contribution in [1.29, 1.82) is 0 Å². The van der Waals surface area contributed by atoms with Crippen LogP contribution in [0, 0.1) is 0 Å². The Balaban J connectivity index is 1.66. The number of nitrogens with zero attached hydrogens (tertiary/aromatic N) is 3. The molecule has 3 N–H and O–H groups in total. The molecule has 2 atom stereocenters. The van der Waals surface area contributed by atoms with E-state index < -0.39 is 35.7 Å². The molecule has 1 unspecified atom stereocenters. The van der Waals surface area contributed by atoms with Crippen molar-refractivity contribution in [3.8, 4) is 11.3 Å². The molecule has 0 aliphatic heterocycles. The van der Waals surface area contributed by atoms with Crippen molar-refractivity contribution in [3.63, 3.8) is 0 Å². The van der Waals surface area contributed by atoms with Crippen molar-refractivity contribution in [3.05, 3.63) is 39.8 Å². The zero-order chi connectivity index (χ0) is 23.3. The van der Waals surface area contributed by atoms with E-state index in [9.17, 15) is 26.7 Å². The smallest absolute Gasteiger partial charge is 0.341 e. The number of carbonyl (C=O) groups is 1. The molecule has 3 aromatic heterocycles. The Bertz CT molecular complexity index is 1160. The van der Waals surface area contributed by atoms with Crippen LogP contribution in [-0.4, -0.2) is 38.5 Å². The first kappa shape index (κ1) is 22.6. The third-order valence-corrected chi connectivity index (χ3v) is 6.81. The lowest BCUT2D eigenvalue weighted by molar-refractivity contribution is -0.137. The number of amides is 1. The van der Waals surface area contributed by atoms with Gasteiger partial charge >= 0.3 is 6.18 Å². The van der Waals surface area contributed by atoms with Gasteiger partial charge in [0.25, 0.3) is 11.8 Å². The van der Waals surface area contributed by atoms with Crippen molar-refractivity contribution in [2.75, 3.05) is 0 Å². The van der Waals surface area contributed by atoms with Crippen LogP contribution in [0.15, 0.2) is 24.5 Å². The van der Waals surface area contributed by atoms with E-state index in [4.69, 9.17) is 5.73 Å². The van der Waals surface area contributed by atoms with Gasteiger partial charge in [0, 0.05) is 22.9 Å². The van der Waals surface area contributed by atoms with Gasteiger partial charge in [0.05, 0.1) is 28.5 Å². The fraction of sp³-hybridized carbons (Fsp3) is 0.450. The van der Waals surface area contributed by atoms with Gasteiger partial charge in [0.15, 0.2) is 5.65 Å². The number of alkyl halides is 5. The van der Waals surface area contributed by atoms with Crippen LogP contribution in [0.3, 0.4) is 0 Å². The molecule has 1 saturated carbocycles. The molecular weight excluding hydrogens is 453 g/mol. The van der Waals surface area contributed by atoms with Gasteiger partial charge in [-0.1, -0.05) is 6.92 Å². The normalized spacial score (nSPS) is 21.1. The monoisotopic (exact) mass is 473 g/mol. The summed E-state index contributed by atoms with van der Waals surface area (Å²) in [4.78, 5) is 17.7. The Labute approximate surface area is 183 Å². The lowest BCUT2D eigenvalue weighted by atomic mass is 9.87. The first-order valence-corrected chi connectivity index (χ1v) is 10.8. The molecule has 1 aliphatic rings. The number of nitrogens with one attached hydrogen (secondary N) is 1. The number of carbonyl (C=O) groups excluding carboxylic acids is 1. The molecule has 0 bridgehead atoms. The van der Waals surface area contributed by atoms with Crippen LogP contribution in [0.5, 0.6) is 0 Å². The van der Waals surface area contributed by atoms with Crippen molar-refractivity contribution >= 4 is 22.9 Å². The van der Waals surface area contributed by atoms with E-state index in [1.807, 2.05) is 6.92 Å². The highest BCUT2D eigenvalue weighted by Gasteiger charge is 2.46. The molecule has 32 heavy (non-hydrogen) atoms. The number of rotatable bonds is 4. The van der Waals surface area contributed by atoms with Gasteiger partial charge in [-0.2, -0.15) is 18.3 Å². The summed E-state index contributed by atoms with van der Waals surface area (Å²) in [5, 5.41) is 6.24. The highest BCUT2D eigenvalue weighted by molar-refractivity contribution is 7.14. The lowest BCUT2D eigenvalue weighted by Gasteiger charge is -2.36. The second-order valence-corrected chi connectivity index (χ2v) is 8.86. The van der Waals surface area contributed by atoms with Gasteiger partial charge < -0.3 is 11.1 Å². The van der Waals surface area contributed by atoms with E-state index in [0.29, 0.717) is 36.7 Å². The maximum atomic E-state index is 14.3. The second kappa shape index (κ2) is 8.07. The van der Waals surface area contributed by atoms with E-state index in [1.165, 1.54) is 16.8 Å². The van der Waals surface area contributed by atoms with Crippen molar-refractivity contribution < 1.29 is 26.7 Å². The van der Waals surface area contributed by atoms with E-state index >= 15 is 0 Å². The molecule has 3 heterocycles. The fourth-order valence-electron chi connectivity index (χ4n) is 3.87. The third-order valence-electron chi connectivity index (χ3n) is 5.54. The minimum absolute atomic E-state index is 0.00176. The van der Waals surface area contributed by atoms with E-state index in [-0.39, 0.29) is 16.9 Å². The SMILES string of the molecule is CCc1sc(C(=O)NC2[C@H](N)CCCC2(F)F)cc1-c1cnc2cc(C(F)(F)F)cnn12. The molecule has 0 spiro atoms. The van der Waals surface area contributed by atoms with Gasteiger partial charge in [0.1, 0.15) is 6.04 Å². The fourth-order valence-corrected chi connectivity index (χ4v) is 4.88. The zero-order valence-corrected chi connectivity index (χ0v) is 17.7. The second-order valence-electron chi connectivity index (χ2n) is 7.72. The highest BCUT2D eigenvalue weighted by atomic mass is 32.1.